The van der Waals surface area contributed by atoms with Crippen LogP contribution in [0.15, 0.2) is 78.9 Å². The quantitative estimate of drug-likeness (QED) is 0.614. The van der Waals surface area contributed by atoms with Crippen molar-refractivity contribution in [3.8, 4) is 0 Å². The lowest BCUT2D eigenvalue weighted by Gasteiger charge is -2.19. The minimum Gasteiger partial charge on any atom is -0.345 e. The Morgan fingerprint density at radius 1 is 0.839 bits per heavy atom. The smallest absolute Gasteiger partial charge is 0.261 e. The molecule has 0 aromatic heterocycles. The molecule has 5 heteroatoms. The summed E-state index contributed by atoms with van der Waals surface area (Å²) in [5.74, 6) is -0.192. The molecule has 1 N–H and O–H groups in total. The monoisotopic (exact) mass is 410 g/mol. The van der Waals surface area contributed by atoms with Crippen LogP contribution in [0.25, 0.3) is 0 Å². The van der Waals surface area contributed by atoms with Gasteiger partial charge in [-0.15, -0.1) is 0 Å². The molecular formula is C26H22N2O3. The lowest BCUT2D eigenvalue weighted by Crippen LogP contribution is -2.30. The predicted octanol–water partition coefficient (Wildman–Crippen LogP) is 4.36. The molecule has 0 spiro atoms. The first kappa shape index (κ1) is 19.2. The predicted molar refractivity (Wildman–Crippen MR) is 116 cm³/mol. The summed E-state index contributed by atoms with van der Waals surface area (Å²) in [5.41, 5.74) is 3.37. The molecular weight excluding hydrogens is 388 g/mol. The highest BCUT2D eigenvalue weighted by molar-refractivity contribution is 6.21. The van der Waals surface area contributed by atoms with E-state index in [1.165, 1.54) is 4.90 Å². The standard InChI is InChI=1S/C26H22N2O3/c29-24(27-23(19-14-15-19)18-6-2-1-3-7-18)20-12-10-17(11-13-20)16-28-25(30)21-8-4-5-9-22(21)26(28)31/h1-13,19,23H,14-16H2,(H,27,29)/t23-/m0/s1. The molecule has 1 saturated carbocycles. The van der Waals surface area contributed by atoms with Gasteiger partial charge in [0.1, 0.15) is 0 Å². The summed E-state index contributed by atoms with van der Waals surface area (Å²) >= 11 is 0. The lowest BCUT2D eigenvalue weighted by molar-refractivity contribution is 0.0641. The molecule has 0 bridgehead atoms. The van der Waals surface area contributed by atoms with Gasteiger partial charge in [0, 0.05) is 5.56 Å². The van der Waals surface area contributed by atoms with Gasteiger partial charge in [0.25, 0.3) is 17.7 Å². The number of carbonyl (C=O) groups excluding carboxylic acids is 3. The number of nitrogens with zero attached hydrogens (tertiary/aromatic N) is 1. The number of rotatable bonds is 6. The topological polar surface area (TPSA) is 66.5 Å². The van der Waals surface area contributed by atoms with Crippen molar-refractivity contribution in [3.05, 3.63) is 107 Å². The van der Waals surface area contributed by atoms with E-state index in [0.29, 0.717) is 22.6 Å². The van der Waals surface area contributed by atoms with Crippen molar-refractivity contribution in [2.75, 3.05) is 0 Å². The highest BCUT2D eigenvalue weighted by Gasteiger charge is 2.35. The molecule has 1 aliphatic heterocycles. The van der Waals surface area contributed by atoms with Crippen molar-refractivity contribution in [2.45, 2.75) is 25.4 Å². The Labute approximate surface area is 180 Å². The van der Waals surface area contributed by atoms with Crippen LogP contribution in [-0.2, 0) is 6.54 Å². The third-order valence-electron chi connectivity index (χ3n) is 5.97. The number of fused-ring (bicyclic) bond motifs is 1. The molecule has 3 aromatic carbocycles. The van der Waals surface area contributed by atoms with Crippen LogP contribution in [0.5, 0.6) is 0 Å². The second kappa shape index (κ2) is 7.84. The zero-order chi connectivity index (χ0) is 21.4. The number of hydrogen-bond acceptors (Lipinski definition) is 3. The van der Waals surface area contributed by atoms with Crippen LogP contribution in [-0.4, -0.2) is 22.6 Å². The molecule has 1 atom stereocenters. The Bertz CT molecular complexity index is 1120. The SMILES string of the molecule is O=C(N[C@@H](c1ccccc1)C1CC1)c1ccc(CN2C(=O)c3ccccc3C2=O)cc1. The molecule has 0 saturated heterocycles. The third-order valence-corrected chi connectivity index (χ3v) is 5.97. The van der Waals surface area contributed by atoms with Gasteiger partial charge in [0.05, 0.1) is 23.7 Å². The Kier molecular flexibility index (Phi) is 4.86. The summed E-state index contributed by atoms with van der Waals surface area (Å²) < 4.78 is 0. The second-order valence-electron chi connectivity index (χ2n) is 8.14. The number of carbonyl (C=O) groups is 3. The van der Waals surface area contributed by atoms with Gasteiger partial charge < -0.3 is 5.32 Å². The molecule has 2 aliphatic rings. The second-order valence-corrected chi connectivity index (χ2v) is 8.14. The Morgan fingerprint density at radius 3 is 2.00 bits per heavy atom. The fraction of sp³-hybridized carbons (Fsp3) is 0.192. The van der Waals surface area contributed by atoms with E-state index in [0.717, 1.165) is 24.0 Å². The molecule has 5 rings (SSSR count). The summed E-state index contributed by atoms with van der Waals surface area (Å²) in [6.07, 6.45) is 2.25. The van der Waals surface area contributed by atoms with Crippen molar-refractivity contribution >= 4 is 17.7 Å². The van der Waals surface area contributed by atoms with Crippen molar-refractivity contribution in [1.29, 1.82) is 0 Å². The van der Waals surface area contributed by atoms with Crippen LogP contribution in [0, 0.1) is 5.92 Å². The summed E-state index contributed by atoms with van der Waals surface area (Å²) in [5, 5.41) is 3.17. The average molecular weight is 410 g/mol. The summed E-state index contributed by atoms with van der Waals surface area (Å²) in [6, 6.07) is 24.0. The molecule has 0 radical (unpaired) electrons. The van der Waals surface area contributed by atoms with Gasteiger partial charge >= 0.3 is 0 Å². The van der Waals surface area contributed by atoms with Gasteiger partial charge in [-0.3, -0.25) is 19.3 Å². The van der Waals surface area contributed by atoms with Gasteiger partial charge in [-0.2, -0.15) is 0 Å². The Morgan fingerprint density at radius 2 is 1.42 bits per heavy atom. The maximum atomic E-state index is 12.8. The molecule has 154 valence electrons. The fourth-order valence-corrected chi connectivity index (χ4v) is 4.11. The zero-order valence-corrected chi connectivity index (χ0v) is 17.0. The average Bonchev–Trinajstić information content (AvgIpc) is 3.63. The van der Waals surface area contributed by atoms with E-state index in [4.69, 9.17) is 0 Å². The van der Waals surface area contributed by atoms with Crippen molar-refractivity contribution < 1.29 is 14.4 Å². The first-order valence-corrected chi connectivity index (χ1v) is 10.5. The van der Waals surface area contributed by atoms with E-state index in [2.05, 4.69) is 17.4 Å². The molecule has 1 aliphatic carbocycles. The van der Waals surface area contributed by atoms with Gasteiger partial charge in [-0.05, 0) is 54.2 Å². The molecule has 31 heavy (non-hydrogen) atoms. The molecule has 0 unspecified atom stereocenters. The number of amides is 3. The van der Waals surface area contributed by atoms with Crippen LogP contribution < -0.4 is 5.32 Å². The first-order chi connectivity index (χ1) is 15.1. The minimum absolute atomic E-state index is 0.0201. The summed E-state index contributed by atoms with van der Waals surface area (Å²) in [4.78, 5) is 39.2. The van der Waals surface area contributed by atoms with Gasteiger partial charge in [0.2, 0.25) is 0 Å². The number of imide groups is 1. The highest BCUT2D eigenvalue weighted by Crippen LogP contribution is 2.41. The lowest BCUT2D eigenvalue weighted by atomic mass is 10.0. The van der Waals surface area contributed by atoms with Gasteiger partial charge in [-0.25, -0.2) is 0 Å². The van der Waals surface area contributed by atoms with Crippen LogP contribution in [0.4, 0.5) is 0 Å². The molecule has 1 heterocycles. The molecule has 3 aromatic rings. The van der Waals surface area contributed by atoms with E-state index in [1.54, 1.807) is 48.5 Å². The van der Waals surface area contributed by atoms with E-state index in [1.807, 2.05) is 18.2 Å². The van der Waals surface area contributed by atoms with Crippen LogP contribution >= 0.6 is 0 Å². The summed E-state index contributed by atoms with van der Waals surface area (Å²) in [6.45, 7) is 0.183. The largest absolute Gasteiger partial charge is 0.345 e. The molecule has 5 nitrogen and oxygen atoms in total. The van der Waals surface area contributed by atoms with E-state index in [9.17, 15) is 14.4 Å². The number of benzene rings is 3. The highest BCUT2D eigenvalue weighted by atomic mass is 16.2. The first-order valence-electron chi connectivity index (χ1n) is 10.5. The van der Waals surface area contributed by atoms with Crippen LogP contribution in [0.1, 0.15) is 61.1 Å². The van der Waals surface area contributed by atoms with Crippen molar-refractivity contribution in [2.24, 2.45) is 5.92 Å². The van der Waals surface area contributed by atoms with Crippen LogP contribution in [0.2, 0.25) is 0 Å². The Hall–Kier alpha value is -3.73. The van der Waals surface area contributed by atoms with E-state index >= 15 is 0 Å². The maximum absolute atomic E-state index is 12.8. The Balaban J connectivity index is 1.28. The molecule has 1 fully saturated rings. The number of hydrogen-bond donors (Lipinski definition) is 1. The maximum Gasteiger partial charge on any atom is 0.261 e. The minimum atomic E-state index is -0.280. The van der Waals surface area contributed by atoms with E-state index in [-0.39, 0.29) is 30.3 Å². The molecule has 3 amide bonds. The van der Waals surface area contributed by atoms with Crippen molar-refractivity contribution in [1.82, 2.24) is 10.2 Å². The van der Waals surface area contributed by atoms with Gasteiger partial charge in [-0.1, -0.05) is 54.6 Å². The van der Waals surface area contributed by atoms with Gasteiger partial charge in [0.15, 0.2) is 0 Å². The normalized spacial score (nSPS) is 16.2. The van der Waals surface area contributed by atoms with Crippen molar-refractivity contribution in [3.63, 3.8) is 0 Å². The van der Waals surface area contributed by atoms with E-state index < -0.39 is 0 Å². The zero-order valence-electron chi connectivity index (χ0n) is 17.0. The fourth-order valence-electron chi connectivity index (χ4n) is 4.11. The third kappa shape index (κ3) is 3.75. The summed E-state index contributed by atoms with van der Waals surface area (Å²) in [7, 11) is 0. The number of nitrogens with one attached hydrogen (secondary N) is 1. The van der Waals surface area contributed by atoms with Crippen LogP contribution in [0.3, 0.4) is 0 Å².